The standard InChI is InChI=1S/C19H19FN2O/c1-23-18-7-2-14(3-8-18)12-22(17-5-6-17)13-16-10-15(11-21)4-9-19(16)20/h2-4,7-10,17H,5-6,12-13H2,1H3. The van der Waals surface area contributed by atoms with Crippen molar-refractivity contribution < 1.29 is 9.13 Å². The molecule has 0 atom stereocenters. The highest BCUT2D eigenvalue weighted by molar-refractivity contribution is 5.34. The highest BCUT2D eigenvalue weighted by Crippen LogP contribution is 2.30. The fraction of sp³-hybridized carbons (Fsp3) is 0.316. The zero-order chi connectivity index (χ0) is 16.2. The molecule has 1 saturated carbocycles. The summed E-state index contributed by atoms with van der Waals surface area (Å²) in [5, 5.41) is 9.00. The van der Waals surface area contributed by atoms with Crippen molar-refractivity contribution in [2.45, 2.75) is 32.0 Å². The number of halogens is 1. The molecular weight excluding hydrogens is 291 g/mol. The first-order chi connectivity index (χ1) is 11.2. The van der Waals surface area contributed by atoms with Crippen LogP contribution in [-0.2, 0) is 13.1 Å². The van der Waals surface area contributed by atoms with Gasteiger partial charge in [-0.15, -0.1) is 0 Å². The van der Waals surface area contributed by atoms with Crippen LogP contribution in [0.25, 0.3) is 0 Å². The number of hydrogen-bond donors (Lipinski definition) is 0. The highest BCUT2D eigenvalue weighted by Gasteiger charge is 2.29. The Morgan fingerprint density at radius 3 is 2.52 bits per heavy atom. The van der Waals surface area contributed by atoms with Crippen LogP contribution in [0.4, 0.5) is 4.39 Å². The van der Waals surface area contributed by atoms with E-state index in [4.69, 9.17) is 10.00 Å². The van der Waals surface area contributed by atoms with Crippen LogP contribution in [0.15, 0.2) is 42.5 Å². The topological polar surface area (TPSA) is 36.3 Å². The number of nitrogens with zero attached hydrogens (tertiary/aromatic N) is 2. The van der Waals surface area contributed by atoms with Crippen LogP contribution in [0.1, 0.15) is 29.5 Å². The van der Waals surface area contributed by atoms with Gasteiger partial charge in [-0.2, -0.15) is 5.26 Å². The molecule has 3 rings (SSSR count). The summed E-state index contributed by atoms with van der Waals surface area (Å²) >= 11 is 0. The van der Waals surface area contributed by atoms with Gasteiger partial charge < -0.3 is 4.74 Å². The lowest BCUT2D eigenvalue weighted by molar-refractivity contribution is 0.242. The van der Waals surface area contributed by atoms with Gasteiger partial charge in [0.05, 0.1) is 18.7 Å². The maximum Gasteiger partial charge on any atom is 0.127 e. The van der Waals surface area contributed by atoms with E-state index in [0.29, 0.717) is 23.7 Å². The summed E-state index contributed by atoms with van der Waals surface area (Å²) in [4.78, 5) is 2.28. The van der Waals surface area contributed by atoms with E-state index in [-0.39, 0.29) is 5.82 Å². The number of hydrogen-bond acceptors (Lipinski definition) is 3. The Bertz CT molecular complexity index is 717. The average Bonchev–Trinajstić information content (AvgIpc) is 3.42. The first-order valence-electron chi connectivity index (χ1n) is 7.75. The van der Waals surface area contributed by atoms with Crippen LogP contribution in [0, 0.1) is 17.1 Å². The molecule has 3 nitrogen and oxygen atoms in total. The van der Waals surface area contributed by atoms with Gasteiger partial charge in [-0.1, -0.05) is 12.1 Å². The number of nitriles is 1. The van der Waals surface area contributed by atoms with Crippen LogP contribution in [0.3, 0.4) is 0 Å². The molecule has 1 aliphatic carbocycles. The molecule has 0 spiro atoms. The second-order valence-corrected chi connectivity index (χ2v) is 5.90. The summed E-state index contributed by atoms with van der Waals surface area (Å²) in [6.45, 7) is 1.29. The Kier molecular flexibility index (Phi) is 4.59. The first-order valence-corrected chi connectivity index (χ1v) is 7.75. The first kappa shape index (κ1) is 15.5. The minimum atomic E-state index is -0.246. The van der Waals surface area contributed by atoms with E-state index in [1.54, 1.807) is 13.2 Å². The molecule has 2 aromatic rings. The molecule has 1 fully saturated rings. The molecule has 0 aromatic heterocycles. The van der Waals surface area contributed by atoms with Gasteiger partial charge >= 0.3 is 0 Å². The molecule has 0 N–H and O–H groups in total. The van der Waals surface area contributed by atoms with Gasteiger partial charge in [0, 0.05) is 24.7 Å². The zero-order valence-electron chi connectivity index (χ0n) is 13.1. The smallest absolute Gasteiger partial charge is 0.127 e. The van der Waals surface area contributed by atoms with Crippen molar-refractivity contribution in [1.82, 2.24) is 4.90 Å². The molecule has 0 amide bonds. The van der Waals surface area contributed by atoms with Crippen molar-refractivity contribution in [1.29, 1.82) is 5.26 Å². The maximum absolute atomic E-state index is 14.0. The molecule has 0 aliphatic heterocycles. The average molecular weight is 310 g/mol. The summed E-state index contributed by atoms with van der Waals surface area (Å²) in [6, 6.07) is 15.1. The number of ether oxygens (including phenoxy) is 1. The van der Waals surface area contributed by atoms with E-state index in [1.807, 2.05) is 24.3 Å². The second kappa shape index (κ2) is 6.80. The van der Waals surface area contributed by atoms with Crippen LogP contribution < -0.4 is 4.74 Å². The third kappa shape index (κ3) is 3.88. The SMILES string of the molecule is COc1ccc(CN(Cc2cc(C#N)ccc2F)C2CC2)cc1. The quantitative estimate of drug-likeness (QED) is 0.812. The van der Waals surface area contributed by atoms with Crippen molar-refractivity contribution in [2.24, 2.45) is 0 Å². The van der Waals surface area contributed by atoms with Crippen molar-refractivity contribution in [3.05, 3.63) is 65.0 Å². The third-order valence-electron chi connectivity index (χ3n) is 4.16. The minimum Gasteiger partial charge on any atom is -0.497 e. The molecular formula is C19H19FN2O. The summed E-state index contributed by atoms with van der Waals surface area (Å²) in [5.74, 6) is 0.587. The maximum atomic E-state index is 14.0. The van der Waals surface area contributed by atoms with Crippen LogP contribution in [0.2, 0.25) is 0 Å². The predicted octanol–water partition coefficient (Wildman–Crippen LogP) is 3.87. The number of methoxy groups -OCH3 is 1. The fourth-order valence-corrected chi connectivity index (χ4v) is 2.70. The van der Waals surface area contributed by atoms with Crippen molar-refractivity contribution in [3.63, 3.8) is 0 Å². The summed E-state index contributed by atoms with van der Waals surface area (Å²) < 4.78 is 19.2. The molecule has 118 valence electrons. The predicted molar refractivity (Wildman–Crippen MR) is 86.4 cm³/mol. The molecule has 1 aliphatic rings. The molecule has 23 heavy (non-hydrogen) atoms. The molecule has 2 aromatic carbocycles. The van der Waals surface area contributed by atoms with Gasteiger partial charge in [-0.25, -0.2) is 4.39 Å². The highest BCUT2D eigenvalue weighted by atomic mass is 19.1. The largest absolute Gasteiger partial charge is 0.497 e. The van der Waals surface area contributed by atoms with Gasteiger partial charge in [-0.3, -0.25) is 4.90 Å². The van der Waals surface area contributed by atoms with Crippen LogP contribution in [-0.4, -0.2) is 18.1 Å². The van der Waals surface area contributed by atoms with E-state index in [0.717, 1.165) is 25.1 Å². The third-order valence-corrected chi connectivity index (χ3v) is 4.16. The van der Waals surface area contributed by atoms with Crippen LogP contribution in [0.5, 0.6) is 5.75 Å². The second-order valence-electron chi connectivity index (χ2n) is 5.90. The molecule has 0 bridgehead atoms. The lowest BCUT2D eigenvalue weighted by Crippen LogP contribution is -2.25. The normalized spacial score (nSPS) is 13.8. The Balaban J connectivity index is 1.75. The summed E-state index contributed by atoms with van der Waals surface area (Å²) in [6.07, 6.45) is 2.30. The Hall–Kier alpha value is -2.38. The van der Waals surface area contributed by atoms with E-state index < -0.39 is 0 Å². The lowest BCUT2D eigenvalue weighted by atomic mass is 10.1. The Labute approximate surface area is 135 Å². The van der Waals surface area contributed by atoms with Crippen molar-refractivity contribution in [3.8, 4) is 11.8 Å². The zero-order valence-corrected chi connectivity index (χ0v) is 13.1. The molecule has 4 heteroatoms. The van der Waals surface area contributed by atoms with Gasteiger partial charge in [0.25, 0.3) is 0 Å². The van der Waals surface area contributed by atoms with E-state index >= 15 is 0 Å². The number of benzene rings is 2. The van der Waals surface area contributed by atoms with E-state index in [1.165, 1.54) is 17.7 Å². The van der Waals surface area contributed by atoms with Crippen molar-refractivity contribution >= 4 is 0 Å². The van der Waals surface area contributed by atoms with Gasteiger partial charge in [-0.05, 0) is 48.7 Å². The molecule has 0 unspecified atom stereocenters. The van der Waals surface area contributed by atoms with E-state index in [2.05, 4.69) is 11.0 Å². The van der Waals surface area contributed by atoms with Crippen LogP contribution >= 0.6 is 0 Å². The van der Waals surface area contributed by atoms with Gasteiger partial charge in [0.2, 0.25) is 0 Å². The van der Waals surface area contributed by atoms with Gasteiger partial charge in [0.1, 0.15) is 11.6 Å². The Morgan fingerprint density at radius 1 is 1.17 bits per heavy atom. The fourth-order valence-electron chi connectivity index (χ4n) is 2.70. The number of rotatable bonds is 6. The Morgan fingerprint density at radius 2 is 1.91 bits per heavy atom. The van der Waals surface area contributed by atoms with E-state index in [9.17, 15) is 4.39 Å². The van der Waals surface area contributed by atoms with Gasteiger partial charge in [0.15, 0.2) is 0 Å². The molecule has 0 saturated heterocycles. The minimum absolute atomic E-state index is 0.246. The molecule has 0 radical (unpaired) electrons. The summed E-state index contributed by atoms with van der Waals surface area (Å²) in [7, 11) is 1.65. The summed E-state index contributed by atoms with van der Waals surface area (Å²) in [5.41, 5.74) is 2.26. The van der Waals surface area contributed by atoms with Crippen molar-refractivity contribution in [2.75, 3.05) is 7.11 Å². The monoisotopic (exact) mass is 310 g/mol. The molecule has 0 heterocycles. The lowest BCUT2D eigenvalue weighted by Gasteiger charge is -2.22.